The normalized spacial score (nSPS) is 22.1. The van der Waals surface area contributed by atoms with E-state index in [-0.39, 0.29) is 0 Å². The third-order valence-electron chi connectivity index (χ3n) is 5.24. The summed E-state index contributed by atoms with van der Waals surface area (Å²) < 4.78 is 5.89. The first-order chi connectivity index (χ1) is 10.7. The van der Waals surface area contributed by atoms with E-state index in [0.717, 1.165) is 23.3 Å². The number of thiazole rings is 1. The molecule has 3 heteroatoms. The average Bonchev–Trinajstić information content (AvgIpc) is 3.06. The van der Waals surface area contributed by atoms with Crippen LogP contribution in [0.2, 0.25) is 0 Å². The van der Waals surface area contributed by atoms with Gasteiger partial charge in [0.2, 0.25) is 0 Å². The maximum Gasteiger partial charge on any atom is 0.131 e. The summed E-state index contributed by atoms with van der Waals surface area (Å²) in [6.45, 7) is 7.66. The number of rotatable bonds is 5. The molecule has 0 spiro atoms. The van der Waals surface area contributed by atoms with Crippen molar-refractivity contribution in [2.75, 3.05) is 0 Å². The van der Waals surface area contributed by atoms with E-state index in [1.807, 2.05) is 10.9 Å². The Kier molecular flexibility index (Phi) is 4.82. The number of aryl methyl sites for hydroxylation is 1. The molecule has 1 aromatic heterocycles. The molecule has 2 aromatic rings. The van der Waals surface area contributed by atoms with Crippen molar-refractivity contribution in [3.63, 3.8) is 0 Å². The van der Waals surface area contributed by atoms with Crippen LogP contribution in [0.25, 0.3) is 0 Å². The predicted molar refractivity (Wildman–Crippen MR) is 92.6 cm³/mol. The van der Waals surface area contributed by atoms with E-state index in [1.165, 1.54) is 30.4 Å². The highest BCUT2D eigenvalue weighted by atomic mass is 32.1. The Morgan fingerprint density at radius 2 is 2.27 bits per heavy atom. The lowest BCUT2D eigenvalue weighted by Gasteiger charge is -2.35. The molecule has 1 aromatic carbocycles. The molecule has 2 nitrogen and oxygen atoms in total. The number of fused-ring (bicyclic) bond motifs is 1. The molecular formula is C19H25NOS. The zero-order valence-electron chi connectivity index (χ0n) is 13.7. The highest BCUT2D eigenvalue weighted by Crippen LogP contribution is 2.41. The first-order valence-electron chi connectivity index (χ1n) is 8.31. The topological polar surface area (TPSA) is 22.1 Å². The van der Waals surface area contributed by atoms with Gasteiger partial charge in [0.25, 0.3) is 0 Å². The van der Waals surface area contributed by atoms with Crippen molar-refractivity contribution in [2.45, 2.75) is 52.6 Å². The Hall–Kier alpha value is -1.35. The van der Waals surface area contributed by atoms with Crippen molar-refractivity contribution in [3.05, 3.63) is 45.9 Å². The van der Waals surface area contributed by atoms with Gasteiger partial charge in [-0.15, -0.1) is 11.3 Å². The van der Waals surface area contributed by atoms with Crippen LogP contribution in [0.3, 0.4) is 0 Å². The number of nitrogens with zero attached hydrogens (tertiary/aromatic N) is 1. The minimum absolute atomic E-state index is 0.563. The Bertz CT molecular complexity index is 608. The zero-order valence-corrected chi connectivity index (χ0v) is 14.5. The van der Waals surface area contributed by atoms with Gasteiger partial charge in [0.1, 0.15) is 12.4 Å². The van der Waals surface area contributed by atoms with Crippen molar-refractivity contribution in [3.8, 4) is 5.75 Å². The summed E-state index contributed by atoms with van der Waals surface area (Å²) >= 11 is 1.61. The molecule has 0 radical (unpaired) electrons. The van der Waals surface area contributed by atoms with Gasteiger partial charge in [-0.05, 0) is 53.9 Å². The SMILES string of the molecule is CCC(C)C1CCc2cc(OCc3cscn3)ccc2C1C. The van der Waals surface area contributed by atoms with Crippen LogP contribution < -0.4 is 4.74 Å². The summed E-state index contributed by atoms with van der Waals surface area (Å²) in [7, 11) is 0. The maximum atomic E-state index is 5.89. The van der Waals surface area contributed by atoms with Crippen LogP contribution in [0.4, 0.5) is 0 Å². The van der Waals surface area contributed by atoms with E-state index in [4.69, 9.17) is 4.74 Å². The van der Waals surface area contributed by atoms with E-state index in [0.29, 0.717) is 12.5 Å². The fraction of sp³-hybridized carbons (Fsp3) is 0.526. The number of ether oxygens (including phenoxy) is 1. The average molecular weight is 315 g/mol. The fourth-order valence-corrected chi connectivity index (χ4v) is 4.22. The van der Waals surface area contributed by atoms with Gasteiger partial charge >= 0.3 is 0 Å². The van der Waals surface area contributed by atoms with Gasteiger partial charge in [-0.25, -0.2) is 4.98 Å². The molecule has 1 aliphatic carbocycles. The monoisotopic (exact) mass is 315 g/mol. The van der Waals surface area contributed by atoms with Crippen LogP contribution >= 0.6 is 11.3 Å². The van der Waals surface area contributed by atoms with Gasteiger partial charge in [-0.1, -0.05) is 33.3 Å². The summed E-state index contributed by atoms with van der Waals surface area (Å²) in [5, 5.41) is 2.04. The van der Waals surface area contributed by atoms with E-state index >= 15 is 0 Å². The van der Waals surface area contributed by atoms with Crippen molar-refractivity contribution in [1.29, 1.82) is 0 Å². The van der Waals surface area contributed by atoms with Gasteiger partial charge in [0, 0.05) is 5.38 Å². The second-order valence-corrected chi connectivity index (χ2v) is 7.22. The zero-order chi connectivity index (χ0) is 15.5. The molecule has 0 bridgehead atoms. The van der Waals surface area contributed by atoms with Crippen LogP contribution in [-0.2, 0) is 13.0 Å². The molecule has 0 amide bonds. The van der Waals surface area contributed by atoms with E-state index in [9.17, 15) is 0 Å². The summed E-state index contributed by atoms with van der Waals surface area (Å²) in [6, 6.07) is 6.65. The summed E-state index contributed by atoms with van der Waals surface area (Å²) in [5.74, 6) is 3.26. The van der Waals surface area contributed by atoms with E-state index < -0.39 is 0 Å². The predicted octanol–water partition coefficient (Wildman–Crippen LogP) is 5.43. The number of hydrogen-bond acceptors (Lipinski definition) is 3. The molecular weight excluding hydrogens is 290 g/mol. The molecule has 3 unspecified atom stereocenters. The van der Waals surface area contributed by atoms with Gasteiger partial charge < -0.3 is 4.74 Å². The van der Waals surface area contributed by atoms with Crippen molar-refractivity contribution >= 4 is 11.3 Å². The van der Waals surface area contributed by atoms with Crippen LogP contribution in [0.5, 0.6) is 5.75 Å². The summed E-state index contributed by atoms with van der Waals surface area (Å²) in [6.07, 6.45) is 3.76. The van der Waals surface area contributed by atoms with Crippen molar-refractivity contribution in [1.82, 2.24) is 4.98 Å². The summed E-state index contributed by atoms with van der Waals surface area (Å²) in [5.41, 5.74) is 5.86. The lowest BCUT2D eigenvalue weighted by molar-refractivity contribution is 0.268. The van der Waals surface area contributed by atoms with Gasteiger partial charge in [0.15, 0.2) is 0 Å². The largest absolute Gasteiger partial charge is 0.487 e. The van der Waals surface area contributed by atoms with Gasteiger partial charge in [-0.2, -0.15) is 0 Å². The van der Waals surface area contributed by atoms with Crippen molar-refractivity contribution in [2.24, 2.45) is 11.8 Å². The molecule has 0 aliphatic heterocycles. The van der Waals surface area contributed by atoms with Crippen LogP contribution in [0, 0.1) is 11.8 Å². The smallest absolute Gasteiger partial charge is 0.131 e. The van der Waals surface area contributed by atoms with Gasteiger partial charge in [-0.3, -0.25) is 0 Å². The quantitative estimate of drug-likeness (QED) is 0.733. The first-order valence-corrected chi connectivity index (χ1v) is 9.26. The van der Waals surface area contributed by atoms with Crippen LogP contribution in [0.15, 0.2) is 29.1 Å². The highest BCUT2D eigenvalue weighted by molar-refractivity contribution is 7.07. The minimum atomic E-state index is 0.563. The molecule has 0 saturated carbocycles. The maximum absolute atomic E-state index is 5.89. The molecule has 1 aliphatic rings. The number of benzene rings is 1. The Morgan fingerprint density at radius 3 is 3.00 bits per heavy atom. The lowest BCUT2D eigenvalue weighted by Crippen LogP contribution is -2.24. The summed E-state index contributed by atoms with van der Waals surface area (Å²) in [4.78, 5) is 4.26. The molecule has 118 valence electrons. The standard InChI is InChI=1S/C19H25NOS/c1-4-13(2)18-7-5-15-9-17(6-8-19(15)14(18)3)21-10-16-11-22-12-20-16/h6,8-9,11-14,18H,4-5,7,10H2,1-3H3. The van der Waals surface area contributed by atoms with Gasteiger partial charge in [0.05, 0.1) is 11.2 Å². The molecule has 3 atom stereocenters. The molecule has 22 heavy (non-hydrogen) atoms. The number of aromatic nitrogens is 1. The molecule has 3 rings (SSSR count). The number of hydrogen-bond donors (Lipinski definition) is 0. The van der Waals surface area contributed by atoms with Crippen LogP contribution in [-0.4, -0.2) is 4.98 Å². The van der Waals surface area contributed by atoms with Crippen LogP contribution in [0.1, 0.15) is 56.4 Å². The second kappa shape index (κ2) is 6.82. The molecule has 0 fully saturated rings. The highest BCUT2D eigenvalue weighted by Gasteiger charge is 2.29. The third-order valence-corrected chi connectivity index (χ3v) is 5.87. The Morgan fingerprint density at radius 1 is 1.41 bits per heavy atom. The van der Waals surface area contributed by atoms with Crippen molar-refractivity contribution < 1.29 is 4.74 Å². The minimum Gasteiger partial charge on any atom is -0.487 e. The van der Waals surface area contributed by atoms with E-state index in [2.05, 4.69) is 44.0 Å². The molecule has 1 heterocycles. The molecule has 0 saturated heterocycles. The molecule has 0 N–H and O–H groups in total. The first kappa shape index (κ1) is 15.5. The Labute approximate surface area is 137 Å². The third kappa shape index (κ3) is 3.19. The fourth-order valence-electron chi connectivity index (χ4n) is 3.68. The Balaban J connectivity index is 1.72. The lowest BCUT2D eigenvalue weighted by atomic mass is 9.70. The second-order valence-electron chi connectivity index (χ2n) is 6.51. The van der Waals surface area contributed by atoms with E-state index in [1.54, 1.807) is 11.3 Å².